The van der Waals surface area contributed by atoms with Gasteiger partial charge in [-0.3, -0.25) is 11.7 Å². The molecule has 0 spiro atoms. The molecule has 24 heavy (non-hydrogen) atoms. The highest BCUT2D eigenvalue weighted by molar-refractivity contribution is 9.10. The van der Waals surface area contributed by atoms with E-state index in [1.54, 1.807) is 0 Å². The molecule has 0 aliphatic rings. The van der Waals surface area contributed by atoms with Crippen LogP contribution in [0.1, 0.15) is 23.0 Å². The van der Waals surface area contributed by atoms with Crippen LogP contribution in [-0.4, -0.2) is 4.98 Å². The van der Waals surface area contributed by atoms with Crippen LogP contribution >= 0.6 is 27.5 Å². The first-order chi connectivity index (χ1) is 11.5. The van der Waals surface area contributed by atoms with Crippen molar-refractivity contribution >= 4 is 50.6 Å². The average Bonchev–Trinajstić information content (AvgIpc) is 2.93. The topological polar surface area (TPSA) is 120 Å². The molecule has 9 N–H and O–H groups in total. The van der Waals surface area contributed by atoms with Gasteiger partial charge in [0.05, 0.1) is 6.17 Å². The van der Waals surface area contributed by atoms with E-state index in [2.05, 4.69) is 32.6 Å². The Labute approximate surface area is 153 Å². The van der Waals surface area contributed by atoms with Crippen molar-refractivity contribution in [1.29, 1.82) is 0 Å². The summed E-state index contributed by atoms with van der Waals surface area (Å²) in [5.41, 5.74) is 15.8. The molecule has 0 amide bonds. The first-order valence-electron chi connectivity index (χ1n) is 7.14. The number of benzene rings is 2. The van der Waals surface area contributed by atoms with E-state index in [-0.39, 0.29) is 0 Å². The van der Waals surface area contributed by atoms with Gasteiger partial charge in [-0.15, -0.1) is 0 Å². The third kappa shape index (κ3) is 4.24. The van der Waals surface area contributed by atoms with Crippen LogP contribution in [0, 0.1) is 0 Å². The fourth-order valence-electron chi connectivity index (χ4n) is 2.46. The molecule has 1 heterocycles. The smallest absolute Gasteiger partial charge is 0.0811 e. The van der Waals surface area contributed by atoms with E-state index in [4.69, 9.17) is 23.1 Å². The highest BCUT2D eigenvalue weighted by Gasteiger charge is 2.13. The number of fused-ring (bicyclic) bond motifs is 1. The SMILES string of the molecule is NC(N)c1c(/C=C/c2ccc(Cl)cc2)[nH]c2cc(Br)ccc12.NN. The lowest BCUT2D eigenvalue weighted by Gasteiger charge is -2.05. The molecule has 0 saturated carbocycles. The molecule has 3 rings (SSSR count). The van der Waals surface area contributed by atoms with Crippen LogP contribution in [-0.2, 0) is 0 Å². The molecular formula is C17H19BrClN5. The molecule has 2 aromatic carbocycles. The maximum Gasteiger partial charge on any atom is 0.0811 e. The maximum atomic E-state index is 5.95. The summed E-state index contributed by atoms with van der Waals surface area (Å²) in [5.74, 6) is 8.00. The minimum absolute atomic E-state index is 0.542. The van der Waals surface area contributed by atoms with Gasteiger partial charge in [-0.05, 0) is 35.9 Å². The van der Waals surface area contributed by atoms with Crippen LogP contribution in [0.4, 0.5) is 0 Å². The third-order valence-electron chi connectivity index (χ3n) is 3.48. The van der Waals surface area contributed by atoms with Gasteiger partial charge >= 0.3 is 0 Å². The highest BCUT2D eigenvalue weighted by Crippen LogP contribution is 2.29. The van der Waals surface area contributed by atoms with Gasteiger partial charge < -0.3 is 16.5 Å². The highest BCUT2D eigenvalue weighted by atomic mass is 79.9. The molecule has 0 atom stereocenters. The van der Waals surface area contributed by atoms with E-state index >= 15 is 0 Å². The van der Waals surface area contributed by atoms with Crippen molar-refractivity contribution in [3.63, 3.8) is 0 Å². The number of aromatic amines is 1. The van der Waals surface area contributed by atoms with E-state index in [9.17, 15) is 0 Å². The summed E-state index contributed by atoms with van der Waals surface area (Å²) in [7, 11) is 0. The fourth-order valence-corrected chi connectivity index (χ4v) is 2.94. The third-order valence-corrected chi connectivity index (χ3v) is 4.22. The van der Waals surface area contributed by atoms with Crippen LogP contribution in [0.25, 0.3) is 23.1 Å². The number of rotatable bonds is 3. The van der Waals surface area contributed by atoms with E-state index in [1.807, 2.05) is 54.6 Å². The van der Waals surface area contributed by atoms with E-state index in [1.165, 1.54) is 0 Å². The van der Waals surface area contributed by atoms with Crippen LogP contribution in [0.5, 0.6) is 0 Å². The molecule has 1 aromatic heterocycles. The number of hydrogen-bond acceptors (Lipinski definition) is 4. The second-order valence-electron chi connectivity index (χ2n) is 5.05. The van der Waals surface area contributed by atoms with Crippen LogP contribution < -0.4 is 23.2 Å². The Kier molecular flexibility index (Phi) is 6.56. The molecule has 126 valence electrons. The number of nitrogens with two attached hydrogens (primary N) is 4. The van der Waals surface area contributed by atoms with Crippen molar-refractivity contribution in [2.24, 2.45) is 23.2 Å². The van der Waals surface area contributed by atoms with Crippen LogP contribution in [0.3, 0.4) is 0 Å². The van der Waals surface area contributed by atoms with Crippen molar-refractivity contribution in [3.05, 3.63) is 68.8 Å². The minimum atomic E-state index is -0.542. The van der Waals surface area contributed by atoms with Gasteiger partial charge in [-0.1, -0.05) is 51.8 Å². The van der Waals surface area contributed by atoms with Crippen LogP contribution in [0.2, 0.25) is 5.02 Å². The second kappa shape index (κ2) is 8.43. The van der Waals surface area contributed by atoms with E-state index in [0.29, 0.717) is 0 Å². The average molecular weight is 409 g/mol. The van der Waals surface area contributed by atoms with Crippen molar-refractivity contribution < 1.29 is 0 Å². The van der Waals surface area contributed by atoms with Crippen molar-refractivity contribution in [1.82, 2.24) is 4.98 Å². The van der Waals surface area contributed by atoms with E-state index in [0.717, 1.165) is 37.2 Å². The van der Waals surface area contributed by atoms with Crippen molar-refractivity contribution in [2.45, 2.75) is 6.17 Å². The lowest BCUT2D eigenvalue weighted by Crippen LogP contribution is -2.20. The molecule has 0 fully saturated rings. The van der Waals surface area contributed by atoms with Gasteiger partial charge in [-0.25, -0.2) is 0 Å². The maximum absolute atomic E-state index is 5.95. The zero-order valence-electron chi connectivity index (χ0n) is 12.8. The van der Waals surface area contributed by atoms with Crippen molar-refractivity contribution in [3.8, 4) is 0 Å². The summed E-state index contributed by atoms with van der Waals surface area (Å²) < 4.78 is 1.01. The van der Waals surface area contributed by atoms with Gasteiger partial charge in [0.25, 0.3) is 0 Å². The molecule has 7 heteroatoms. The van der Waals surface area contributed by atoms with E-state index < -0.39 is 6.17 Å². The predicted molar refractivity (Wildman–Crippen MR) is 106 cm³/mol. The number of hydrazine groups is 1. The lowest BCUT2D eigenvalue weighted by atomic mass is 10.1. The Balaban J connectivity index is 0.00000100. The number of hydrogen-bond donors (Lipinski definition) is 5. The summed E-state index contributed by atoms with van der Waals surface area (Å²) >= 11 is 9.37. The summed E-state index contributed by atoms with van der Waals surface area (Å²) in [6, 6.07) is 13.6. The Hall–Kier alpha value is -1.67. The van der Waals surface area contributed by atoms with Crippen LogP contribution in [0.15, 0.2) is 46.9 Å². The fraction of sp³-hybridized carbons (Fsp3) is 0.0588. The quantitative estimate of drug-likeness (QED) is 0.259. The standard InChI is InChI=1S/C17H15BrClN3.H4N2/c18-11-4-7-13-15(9-11)22-14(16(13)17(20)21)8-3-10-1-5-12(19)6-2-10;1-2/h1-9,17,22H,20-21H2;1-2H2/b8-3+;. The first kappa shape index (κ1) is 18.7. The largest absolute Gasteiger partial charge is 0.355 e. The Morgan fingerprint density at radius 3 is 2.29 bits per heavy atom. The summed E-state index contributed by atoms with van der Waals surface area (Å²) in [6.45, 7) is 0. The second-order valence-corrected chi connectivity index (χ2v) is 6.41. The minimum Gasteiger partial charge on any atom is -0.355 e. The monoisotopic (exact) mass is 407 g/mol. The summed E-state index contributed by atoms with van der Waals surface area (Å²) in [4.78, 5) is 3.37. The normalized spacial score (nSPS) is 11.1. The Morgan fingerprint density at radius 2 is 1.67 bits per heavy atom. The van der Waals surface area contributed by atoms with Gasteiger partial charge in [0.15, 0.2) is 0 Å². The first-order valence-corrected chi connectivity index (χ1v) is 8.31. The summed E-state index contributed by atoms with van der Waals surface area (Å²) in [5, 5.41) is 1.76. The van der Waals surface area contributed by atoms with Gasteiger partial charge in [0.2, 0.25) is 0 Å². The molecule has 0 aliphatic carbocycles. The molecule has 0 bridgehead atoms. The van der Waals surface area contributed by atoms with Crippen molar-refractivity contribution in [2.75, 3.05) is 0 Å². The molecule has 0 saturated heterocycles. The van der Waals surface area contributed by atoms with Gasteiger partial charge in [0, 0.05) is 31.7 Å². The predicted octanol–water partition coefficient (Wildman–Crippen LogP) is 3.49. The number of H-pyrrole nitrogens is 1. The molecule has 3 aromatic rings. The Morgan fingerprint density at radius 1 is 1.00 bits per heavy atom. The lowest BCUT2D eigenvalue weighted by molar-refractivity contribution is 0.779. The zero-order valence-corrected chi connectivity index (χ0v) is 15.2. The molecule has 5 nitrogen and oxygen atoms in total. The molecule has 0 radical (unpaired) electrons. The Bertz CT molecular complexity index is 840. The molecule has 0 unspecified atom stereocenters. The van der Waals surface area contributed by atoms with Gasteiger partial charge in [-0.2, -0.15) is 0 Å². The van der Waals surface area contributed by atoms with Gasteiger partial charge in [0.1, 0.15) is 0 Å². The number of aromatic nitrogens is 1. The molecule has 0 aliphatic heterocycles. The number of nitrogens with one attached hydrogen (secondary N) is 1. The summed E-state index contributed by atoms with van der Waals surface area (Å²) in [6.07, 6.45) is 3.45. The zero-order chi connectivity index (χ0) is 17.7. The number of halogens is 2. The molecular weight excluding hydrogens is 390 g/mol.